The number of nitrogens with one attached hydrogen (secondary N) is 1. The van der Waals surface area contributed by atoms with Gasteiger partial charge in [0.15, 0.2) is 5.15 Å². The van der Waals surface area contributed by atoms with Crippen LogP contribution in [0.1, 0.15) is 5.69 Å². The SMILES string of the molecule is O=C(NCc1nccnc1Cl)C1CN(C(=O)O)C1. The fraction of sp³-hybridized carbons (Fsp3) is 0.400. The summed E-state index contributed by atoms with van der Waals surface area (Å²) in [5.74, 6) is -0.495. The maximum Gasteiger partial charge on any atom is 0.407 e. The van der Waals surface area contributed by atoms with E-state index >= 15 is 0 Å². The molecule has 0 unspecified atom stereocenters. The molecule has 0 radical (unpaired) electrons. The Morgan fingerprint density at radius 3 is 2.72 bits per heavy atom. The molecule has 18 heavy (non-hydrogen) atoms. The largest absolute Gasteiger partial charge is 0.465 e. The molecule has 8 heteroatoms. The lowest BCUT2D eigenvalue weighted by molar-refractivity contribution is -0.129. The van der Waals surface area contributed by atoms with E-state index in [1.807, 2.05) is 0 Å². The van der Waals surface area contributed by atoms with Crippen LogP contribution in [0.25, 0.3) is 0 Å². The van der Waals surface area contributed by atoms with Crippen molar-refractivity contribution in [1.29, 1.82) is 0 Å². The number of carbonyl (C=O) groups is 2. The molecular weight excluding hydrogens is 260 g/mol. The van der Waals surface area contributed by atoms with Crippen LogP contribution < -0.4 is 5.32 Å². The van der Waals surface area contributed by atoms with Gasteiger partial charge in [0.25, 0.3) is 0 Å². The Hall–Kier alpha value is -1.89. The van der Waals surface area contributed by atoms with Gasteiger partial charge in [0, 0.05) is 25.5 Å². The summed E-state index contributed by atoms with van der Waals surface area (Å²) in [7, 11) is 0. The number of hydrogen-bond acceptors (Lipinski definition) is 4. The van der Waals surface area contributed by atoms with E-state index in [9.17, 15) is 9.59 Å². The number of hydrogen-bond donors (Lipinski definition) is 2. The lowest BCUT2D eigenvalue weighted by Gasteiger charge is -2.35. The molecular formula is C10H11ClN4O3. The lowest BCUT2D eigenvalue weighted by atomic mass is 10.00. The van der Waals surface area contributed by atoms with Gasteiger partial charge >= 0.3 is 6.09 Å². The minimum absolute atomic E-state index is 0.190. The van der Waals surface area contributed by atoms with Crippen molar-refractivity contribution < 1.29 is 14.7 Å². The van der Waals surface area contributed by atoms with Gasteiger partial charge in [-0.25, -0.2) is 9.78 Å². The first kappa shape index (κ1) is 12.6. The molecule has 1 saturated heterocycles. The van der Waals surface area contributed by atoms with Crippen molar-refractivity contribution >= 4 is 23.6 Å². The number of carbonyl (C=O) groups excluding carboxylic acids is 1. The Labute approximate surface area is 108 Å². The van der Waals surface area contributed by atoms with E-state index in [4.69, 9.17) is 16.7 Å². The van der Waals surface area contributed by atoms with E-state index in [1.165, 1.54) is 17.3 Å². The van der Waals surface area contributed by atoms with Crippen molar-refractivity contribution in [2.24, 2.45) is 5.92 Å². The number of rotatable bonds is 3. The van der Waals surface area contributed by atoms with E-state index in [0.717, 1.165) is 0 Å². The standard InChI is InChI=1S/C10H11ClN4O3/c11-8-7(12-1-2-13-8)3-14-9(16)6-4-15(5-6)10(17)18/h1-2,6H,3-5H2,(H,14,16)(H,17,18). The van der Waals surface area contributed by atoms with E-state index < -0.39 is 6.09 Å². The molecule has 2 rings (SSSR count). The Morgan fingerprint density at radius 2 is 2.11 bits per heavy atom. The molecule has 7 nitrogen and oxygen atoms in total. The first-order valence-electron chi connectivity index (χ1n) is 5.29. The van der Waals surface area contributed by atoms with E-state index in [0.29, 0.717) is 5.69 Å². The van der Waals surface area contributed by atoms with Gasteiger partial charge in [-0.05, 0) is 0 Å². The molecule has 0 bridgehead atoms. The van der Waals surface area contributed by atoms with Crippen molar-refractivity contribution in [2.45, 2.75) is 6.54 Å². The second-order valence-corrected chi connectivity index (χ2v) is 4.25. The minimum atomic E-state index is -1.00. The number of aromatic nitrogens is 2. The van der Waals surface area contributed by atoms with E-state index in [-0.39, 0.29) is 36.6 Å². The van der Waals surface area contributed by atoms with Crippen molar-refractivity contribution in [3.8, 4) is 0 Å². The Morgan fingerprint density at radius 1 is 1.44 bits per heavy atom. The van der Waals surface area contributed by atoms with Gasteiger partial charge in [0.2, 0.25) is 5.91 Å². The van der Waals surface area contributed by atoms with Crippen LogP contribution >= 0.6 is 11.6 Å². The second-order valence-electron chi connectivity index (χ2n) is 3.90. The fourth-order valence-corrected chi connectivity index (χ4v) is 1.76. The second kappa shape index (κ2) is 5.18. The third kappa shape index (κ3) is 2.67. The summed E-state index contributed by atoms with van der Waals surface area (Å²) >= 11 is 5.79. The predicted molar refractivity (Wildman–Crippen MR) is 62.0 cm³/mol. The average Bonchev–Trinajstić information content (AvgIpc) is 2.25. The van der Waals surface area contributed by atoms with Gasteiger partial charge in [-0.15, -0.1) is 0 Å². The normalized spacial score (nSPS) is 15.1. The summed E-state index contributed by atoms with van der Waals surface area (Å²) in [4.78, 5) is 31.2. The van der Waals surface area contributed by atoms with Crippen LogP contribution in [0.3, 0.4) is 0 Å². The topological polar surface area (TPSA) is 95.4 Å². The predicted octanol–water partition coefficient (Wildman–Crippen LogP) is 0.356. The Kier molecular flexibility index (Phi) is 3.61. The van der Waals surface area contributed by atoms with Crippen LogP contribution in [0.5, 0.6) is 0 Å². The maximum atomic E-state index is 11.7. The van der Waals surface area contributed by atoms with Crippen LogP contribution in [-0.4, -0.2) is 45.1 Å². The Balaban J connectivity index is 1.80. The van der Waals surface area contributed by atoms with Gasteiger partial charge in [-0.1, -0.05) is 11.6 Å². The van der Waals surface area contributed by atoms with Crippen molar-refractivity contribution in [3.05, 3.63) is 23.2 Å². The lowest BCUT2D eigenvalue weighted by Crippen LogP contribution is -2.55. The molecule has 2 N–H and O–H groups in total. The highest BCUT2D eigenvalue weighted by molar-refractivity contribution is 6.29. The molecule has 2 amide bonds. The molecule has 0 spiro atoms. The van der Waals surface area contributed by atoms with Crippen LogP contribution in [-0.2, 0) is 11.3 Å². The molecule has 2 heterocycles. The summed E-state index contributed by atoms with van der Waals surface area (Å²) in [5, 5.41) is 11.5. The molecule has 0 aromatic carbocycles. The molecule has 1 aliphatic heterocycles. The zero-order chi connectivity index (χ0) is 13.1. The highest BCUT2D eigenvalue weighted by Gasteiger charge is 2.35. The van der Waals surface area contributed by atoms with Crippen LogP contribution in [0.2, 0.25) is 5.15 Å². The number of nitrogens with zero attached hydrogens (tertiary/aromatic N) is 3. The average molecular weight is 271 g/mol. The number of carboxylic acid groups (broad SMARTS) is 1. The van der Waals surface area contributed by atoms with Gasteiger partial charge in [-0.2, -0.15) is 0 Å². The molecule has 96 valence electrons. The fourth-order valence-electron chi connectivity index (χ4n) is 1.58. The van der Waals surface area contributed by atoms with Gasteiger partial charge in [0.05, 0.1) is 18.2 Å². The zero-order valence-electron chi connectivity index (χ0n) is 9.34. The molecule has 1 aromatic heterocycles. The smallest absolute Gasteiger partial charge is 0.407 e. The first-order valence-corrected chi connectivity index (χ1v) is 5.66. The monoisotopic (exact) mass is 270 g/mol. The van der Waals surface area contributed by atoms with Crippen LogP contribution in [0, 0.1) is 5.92 Å². The quantitative estimate of drug-likeness (QED) is 0.827. The zero-order valence-corrected chi connectivity index (χ0v) is 10.1. The molecule has 0 saturated carbocycles. The third-order valence-electron chi connectivity index (χ3n) is 2.68. The molecule has 1 aromatic rings. The summed E-state index contributed by atoms with van der Waals surface area (Å²) < 4.78 is 0. The molecule has 0 atom stereocenters. The summed E-state index contributed by atoms with van der Waals surface area (Å²) in [6.07, 6.45) is 1.95. The van der Waals surface area contributed by atoms with Gasteiger partial charge < -0.3 is 15.3 Å². The molecule has 1 fully saturated rings. The summed E-state index contributed by atoms with van der Waals surface area (Å²) in [6.45, 7) is 0.653. The summed E-state index contributed by atoms with van der Waals surface area (Å²) in [5.41, 5.74) is 0.488. The van der Waals surface area contributed by atoms with Crippen molar-refractivity contribution in [3.63, 3.8) is 0 Å². The van der Waals surface area contributed by atoms with Crippen LogP contribution in [0.15, 0.2) is 12.4 Å². The first-order chi connectivity index (χ1) is 8.58. The highest BCUT2D eigenvalue weighted by Crippen LogP contribution is 2.16. The maximum absolute atomic E-state index is 11.7. The Bertz CT molecular complexity index is 476. The summed E-state index contributed by atoms with van der Waals surface area (Å²) in [6, 6.07) is 0. The molecule has 0 aliphatic carbocycles. The highest BCUT2D eigenvalue weighted by atomic mass is 35.5. The van der Waals surface area contributed by atoms with Crippen molar-refractivity contribution in [2.75, 3.05) is 13.1 Å². The molecule has 1 aliphatic rings. The van der Waals surface area contributed by atoms with E-state index in [1.54, 1.807) is 0 Å². The van der Waals surface area contributed by atoms with Crippen molar-refractivity contribution in [1.82, 2.24) is 20.2 Å². The van der Waals surface area contributed by atoms with Gasteiger partial charge in [-0.3, -0.25) is 9.78 Å². The number of halogens is 1. The van der Waals surface area contributed by atoms with E-state index in [2.05, 4.69) is 15.3 Å². The van der Waals surface area contributed by atoms with Gasteiger partial charge in [0.1, 0.15) is 0 Å². The third-order valence-corrected chi connectivity index (χ3v) is 2.99. The number of amides is 2. The number of likely N-dealkylation sites (tertiary alicyclic amines) is 1. The van der Waals surface area contributed by atoms with Crippen LogP contribution in [0.4, 0.5) is 4.79 Å². The minimum Gasteiger partial charge on any atom is -0.465 e.